The van der Waals surface area contributed by atoms with Gasteiger partial charge >= 0.3 is 0 Å². The van der Waals surface area contributed by atoms with Crippen molar-refractivity contribution >= 4 is 100 Å². The normalized spacial score (nSPS) is 13.0. The molecule has 17 rings (SSSR count). The van der Waals surface area contributed by atoms with Gasteiger partial charge in [-0.05, 0) is 198 Å². The highest BCUT2D eigenvalue weighted by molar-refractivity contribution is 7.00. The molecular formula is C92H75BN2. The molecule has 15 aromatic rings. The van der Waals surface area contributed by atoms with Crippen LogP contribution in [0.1, 0.15) is 79.0 Å². The van der Waals surface area contributed by atoms with E-state index in [4.69, 9.17) is 0 Å². The Bertz CT molecular complexity index is 5390. The molecule has 0 amide bonds. The van der Waals surface area contributed by atoms with Crippen LogP contribution in [0.3, 0.4) is 0 Å². The molecule has 0 saturated carbocycles. The molecular weight excluding hydrogens is 1140 g/mol. The lowest BCUT2D eigenvalue weighted by molar-refractivity contribution is 0.590. The summed E-state index contributed by atoms with van der Waals surface area (Å²) in [6, 6.07) is 111. The van der Waals surface area contributed by atoms with Crippen LogP contribution in [0.25, 0.3) is 110 Å². The summed E-state index contributed by atoms with van der Waals surface area (Å²) in [5.41, 5.74) is 28.2. The van der Waals surface area contributed by atoms with E-state index in [9.17, 15) is 0 Å². The summed E-state index contributed by atoms with van der Waals surface area (Å²) < 4.78 is 0. The fraction of sp³-hybridized carbons (Fsp3) is 0.130. The highest BCUT2D eigenvalue weighted by Gasteiger charge is 2.46. The van der Waals surface area contributed by atoms with E-state index in [1.54, 1.807) is 0 Å². The van der Waals surface area contributed by atoms with Gasteiger partial charge in [-0.25, -0.2) is 0 Å². The first-order valence-corrected chi connectivity index (χ1v) is 33.8. The number of fused-ring (bicyclic) bond motifs is 6. The number of anilines is 6. The predicted octanol–water partition coefficient (Wildman–Crippen LogP) is 23.7. The van der Waals surface area contributed by atoms with Gasteiger partial charge in [-0.15, -0.1) is 0 Å². The van der Waals surface area contributed by atoms with Crippen LogP contribution in [-0.4, -0.2) is 6.71 Å². The van der Waals surface area contributed by atoms with Gasteiger partial charge in [0.2, 0.25) is 0 Å². The zero-order chi connectivity index (χ0) is 64.6. The average Bonchev–Trinajstić information content (AvgIpc) is 0.693. The first kappa shape index (κ1) is 58.1. The SMILES string of the molecule is CC(C)(C)c1cc(-c2ccccc2)c(N2c3ccc(-c4ccccc4)cc3B3c4ccc(-c5cc6cccc7c8cccc9cccc(c(c5)c67)c98)cc4N(c4c(-c5ccccc5)cc(C(C)(C)C)cc4-c4ccccc4)c4cc(C(C)(C)C)cc2c43)c(-c2ccccc2)c1. The van der Waals surface area contributed by atoms with Crippen LogP contribution in [0.2, 0.25) is 0 Å². The Balaban J connectivity index is 1.05. The van der Waals surface area contributed by atoms with Crippen LogP contribution in [0.5, 0.6) is 0 Å². The lowest BCUT2D eigenvalue weighted by atomic mass is 9.33. The van der Waals surface area contributed by atoms with E-state index in [2.05, 4.69) is 363 Å². The number of benzene rings is 15. The molecule has 456 valence electrons. The van der Waals surface area contributed by atoms with Crippen molar-refractivity contribution in [3.63, 3.8) is 0 Å². The Morgan fingerprint density at radius 2 is 0.621 bits per heavy atom. The summed E-state index contributed by atoms with van der Waals surface area (Å²) in [5, 5.41) is 10.3. The Kier molecular flexibility index (Phi) is 13.4. The summed E-state index contributed by atoms with van der Waals surface area (Å²) in [7, 11) is 0. The van der Waals surface area contributed by atoms with Crippen molar-refractivity contribution in [3.05, 3.63) is 308 Å². The molecule has 0 spiro atoms. The number of nitrogens with zero attached hydrogens (tertiary/aromatic N) is 2. The summed E-state index contributed by atoms with van der Waals surface area (Å²) in [4.78, 5) is 5.44. The molecule has 2 aliphatic rings. The Morgan fingerprint density at radius 1 is 0.242 bits per heavy atom. The summed E-state index contributed by atoms with van der Waals surface area (Å²) in [6.45, 7) is 21.1. The third kappa shape index (κ3) is 9.61. The maximum Gasteiger partial charge on any atom is 0.252 e. The Hall–Kier alpha value is -10.7. The third-order valence-electron chi connectivity index (χ3n) is 20.6. The fourth-order valence-electron chi connectivity index (χ4n) is 15.7. The molecule has 0 saturated heterocycles. The minimum atomic E-state index is -0.286. The molecule has 2 nitrogen and oxygen atoms in total. The van der Waals surface area contributed by atoms with Crippen molar-refractivity contribution in [3.8, 4) is 66.8 Å². The van der Waals surface area contributed by atoms with Crippen molar-refractivity contribution in [2.45, 2.75) is 78.6 Å². The first-order chi connectivity index (χ1) is 46.0. The molecule has 15 aromatic carbocycles. The highest BCUT2D eigenvalue weighted by atomic mass is 15.2. The third-order valence-corrected chi connectivity index (χ3v) is 20.6. The van der Waals surface area contributed by atoms with Crippen LogP contribution in [0, 0.1) is 0 Å². The second-order valence-corrected chi connectivity index (χ2v) is 29.6. The molecule has 0 unspecified atom stereocenters. The number of hydrogen-bond acceptors (Lipinski definition) is 2. The summed E-state index contributed by atoms with van der Waals surface area (Å²) in [5.74, 6) is 0. The van der Waals surface area contributed by atoms with Crippen LogP contribution in [-0.2, 0) is 16.2 Å². The van der Waals surface area contributed by atoms with Gasteiger partial charge in [-0.2, -0.15) is 0 Å². The van der Waals surface area contributed by atoms with Gasteiger partial charge < -0.3 is 9.80 Å². The molecule has 0 N–H and O–H groups in total. The summed E-state index contributed by atoms with van der Waals surface area (Å²) >= 11 is 0. The molecule has 0 fully saturated rings. The lowest BCUT2D eigenvalue weighted by Crippen LogP contribution is -2.61. The number of hydrogen-bond donors (Lipinski definition) is 0. The largest absolute Gasteiger partial charge is 0.310 e. The van der Waals surface area contributed by atoms with Crippen molar-refractivity contribution in [2.24, 2.45) is 0 Å². The minimum absolute atomic E-state index is 0.156. The van der Waals surface area contributed by atoms with E-state index in [0.29, 0.717) is 0 Å². The highest BCUT2D eigenvalue weighted by Crippen LogP contribution is 2.56. The van der Waals surface area contributed by atoms with Crippen molar-refractivity contribution in [2.75, 3.05) is 9.80 Å². The Labute approximate surface area is 559 Å². The average molecular weight is 1220 g/mol. The van der Waals surface area contributed by atoms with Crippen LogP contribution >= 0.6 is 0 Å². The van der Waals surface area contributed by atoms with Gasteiger partial charge in [0.25, 0.3) is 6.71 Å². The minimum Gasteiger partial charge on any atom is -0.310 e. The molecule has 0 aliphatic carbocycles. The van der Waals surface area contributed by atoms with Gasteiger partial charge in [0.05, 0.1) is 11.4 Å². The van der Waals surface area contributed by atoms with Crippen molar-refractivity contribution in [1.82, 2.24) is 0 Å². The number of rotatable bonds is 8. The maximum atomic E-state index is 2.74. The van der Waals surface area contributed by atoms with E-state index < -0.39 is 0 Å². The van der Waals surface area contributed by atoms with E-state index in [1.165, 1.54) is 166 Å². The summed E-state index contributed by atoms with van der Waals surface area (Å²) in [6.07, 6.45) is 0. The quantitative estimate of drug-likeness (QED) is 0.0850. The second-order valence-electron chi connectivity index (χ2n) is 29.6. The van der Waals surface area contributed by atoms with Crippen LogP contribution < -0.4 is 26.2 Å². The topological polar surface area (TPSA) is 6.48 Å². The van der Waals surface area contributed by atoms with Gasteiger partial charge in [0.1, 0.15) is 0 Å². The van der Waals surface area contributed by atoms with Gasteiger partial charge in [0.15, 0.2) is 0 Å². The predicted molar refractivity (Wildman–Crippen MR) is 410 cm³/mol. The molecule has 3 heteroatoms. The Morgan fingerprint density at radius 3 is 1.07 bits per heavy atom. The zero-order valence-electron chi connectivity index (χ0n) is 55.7. The van der Waals surface area contributed by atoms with Gasteiger partial charge in [-0.3, -0.25) is 0 Å². The van der Waals surface area contributed by atoms with E-state index >= 15 is 0 Å². The molecule has 95 heavy (non-hydrogen) atoms. The molecule has 2 heterocycles. The second kappa shape index (κ2) is 21.9. The first-order valence-electron chi connectivity index (χ1n) is 33.8. The van der Waals surface area contributed by atoms with Gasteiger partial charge in [-0.1, -0.05) is 293 Å². The van der Waals surface area contributed by atoms with E-state index in [1.807, 2.05) is 0 Å². The van der Waals surface area contributed by atoms with Crippen LogP contribution in [0.15, 0.2) is 291 Å². The fourth-order valence-corrected chi connectivity index (χ4v) is 15.7. The van der Waals surface area contributed by atoms with E-state index in [0.717, 1.165) is 11.4 Å². The maximum absolute atomic E-state index is 2.74. The zero-order valence-corrected chi connectivity index (χ0v) is 55.7. The molecule has 2 aliphatic heterocycles. The van der Waals surface area contributed by atoms with E-state index in [-0.39, 0.29) is 23.0 Å². The molecule has 0 radical (unpaired) electrons. The van der Waals surface area contributed by atoms with Gasteiger partial charge in [0, 0.05) is 45.0 Å². The molecule has 0 bridgehead atoms. The monoisotopic (exact) mass is 1220 g/mol. The molecule has 0 atom stereocenters. The van der Waals surface area contributed by atoms with Crippen LogP contribution in [0.4, 0.5) is 34.1 Å². The lowest BCUT2D eigenvalue weighted by Gasteiger charge is -2.47. The van der Waals surface area contributed by atoms with Crippen molar-refractivity contribution in [1.29, 1.82) is 0 Å². The van der Waals surface area contributed by atoms with Crippen molar-refractivity contribution < 1.29 is 0 Å². The molecule has 0 aromatic heterocycles. The smallest absolute Gasteiger partial charge is 0.252 e. The standard InChI is InChI=1S/C92H75BN2/c1-90(2,3)68-52-74(59-30-17-11-18-31-59)88(75(53-68)60-32-19-12-20-33-60)94-81-47-45-64(58-28-15-10-16-29-58)50-80(81)93-79-46-44-65(67-48-66-40-27-42-72-71-41-25-38-63-39-26-43-73(85(63)71)78(49-67)86(66)72)51-82(79)95(84-57-70(92(7,8)9)56-83(94)87(84)93)89-76(61-34-21-13-22-35-61)54-69(91(4,5)6)55-77(89)62-36-23-14-24-37-62/h10-57H,1-9H3.